The highest BCUT2D eigenvalue weighted by Crippen LogP contribution is 2.18. The number of nitrogens with two attached hydrogens (primary N) is 1. The quantitative estimate of drug-likeness (QED) is 0.787. The summed E-state index contributed by atoms with van der Waals surface area (Å²) in [5.41, 5.74) is 9.35. The number of hydrogen-bond acceptors (Lipinski definition) is 3. The maximum absolute atomic E-state index is 12.5. The molecule has 1 saturated heterocycles. The number of hydrogen-bond donors (Lipinski definition) is 2. The van der Waals surface area contributed by atoms with Gasteiger partial charge in [-0.25, -0.2) is 0 Å². The standard InChI is InChI=1S/C15H21N3O/c16-14-4-7-18(8-5-14)15(19)12-1-2-13-10-17-6-3-11(13)9-12/h1-2,9,14,17H,3-8,10,16H2. The van der Waals surface area contributed by atoms with E-state index in [0.29, 0.717) is 0 Å². The molecule has 0 bridgehead atoms. The Morgan fingerprint density at radius 2 is 2.05 bits per heavy atom. The third kappa shape index (κ3) is 2.65. The van der Waals surface area contributed by atoms with E-state index >= 15 is 0 Å². The van der Waals surface area contributed by atoms with Gasteiger partial charge in [0.05, 0.1) is 0 Å². The predicted molar refractivity (Wildman–Crippen MR) is 75.0 cm³/mol. The lowest BCUT2D eigenvalue weighted by Crippen LogP contribution is -2.42. The van der Waals surface area contributed by atoms with Crippen LogP contribution in [0.15, 0.2) is 18.2 Å². The minimum absolute atomic E-state index is 0.160. The number of benzene rings is 1. The Morgan fingerprint density at radius 3 is 2.84 bits per heavy atom. The third-order valence-electron chi connectivity index (χ3n) is 4.17. The van der Waals surface area contributed by atoms with Gasteiger partial charge in [-0.3, -0.25) is 4.79 Å². The second-order valence-electron chi connectivity index (χ2n) is 5.54. The minimum Gasteiger partial charge on any atom is -0.339 e. The molecule has 102 valence electrons. The molecule has 2 aliphatic heterocycles. The van der Waals surface area contributed by atoms with Crippen LogP contribution in [0.25, 0.3) is 0 Å². The van der Waals surface area contributed by atoms with E-state index in [1.807, 2.05) is 11.0 Å². The number of fused-ring (bicyclic) bond motifs is 1. The molecule has 0 aliphatic carbocycles. The highest BCUT2D eigenvalue weighted by atomic mass is 16.2. The third-order valence-corrected chi connectivity index (χ3v) is 4.17. The lowest BCUT2D eigenvalue weighted by Gasteiger charge is -2.30. The molecule has 1 aromatic rings. The number of piperidine rings is 1. The number of amides is 1. The molecule has 0 radical (unpaired) electrons. The van der Waals surface area contributed by atoms with Crippen molar-refractivity contribution in [1.82, 2.24) is 10.2 Å². The van der Waals surface area contributed by atoms with Gasteiger partial charge in [0.1, 0.15) is 0 Å². The Morgan fingerprint density at radius 1 is 1.26 bits per heavy atom. The Balaban J connectivity index is 1.76. The molecule has 0 unspecified atom stereocenters. The summed E-state index contributed by atoms with van der Waals surface area (Å²) in [7, 11) is 0. The van der Waals surface area contributed by atoms with E-state index in [2.05, 4.69) is 17.4 Å². The van der Waals surface area contributed by atoms with Crippen LogP contribution in [0.1, 0.15) is 34.3 Å². The first-order chi connectivity index (χ1) is 9.24. The van der Waals surface area contributed by atoms with E-state index in [0.717, 1.165) is 51.0 Å². The summed E-state index contributed by atoms with van der Waals surface area (Å²) in [5, 5.41) is 3.35. The predicted octanol–water partition coefficient (Wildman–Crippen LogP) is 0.896. The van der Waals surface area contributed by atoms with Crippen molar-refractivity contribution >= 4 is 5.91 Å². The zero-order valence-corrected chi connectivity index (χ0v) is 11.2. The zero-order valence-electron chi connectivity index (χ0n) is 11.2. The molecule has 2 heterocycles. The fourth-order valence-corrected chi connectivity index (χ4v) is 2.90. The lowest BCUT2D eigenvalue weighted by atomic mass is 9.97. The van der Waals surface area contributed by atoms with Crippen molar-refractivity contribution in [2.24, 2.45) is 5.73 Å². The molecule has 4 nitrogen and oxygen atoms in total. The minimum atomic E-state index is 0.160. The van der Waals surface area contributed by atoms with Gasteiger partial charge in [0.25, 0.3) is 5.91 Å². The second kappa shape index (κ2) is 5.31. The molecule has 19 heavy (non-hydrogen) atoms. The lowest BCUT2D eigenvalue weighted by molar-refractivity contribution is 0.0714. The van der Waals surface area contributed by atoms with Crippen molar-refractivity contribution in [3.63, 3.8) is 0 Å². The molecule has 3 rings (SSSR count). The summed E-state index contributed by atoms with van der Waals surface area (Å²) in [6.07, 6.45) is 2.85. The molecule has 0 atom stereocenters. The van der Waals surface area contributed by atoms with Crippen molar-refractivity contribution in [3.8, 4) is 0 Å². The van der Waals surface area contributed by atoms with E-state index in [1.165, 1.54) is 11.1 Å². The molecule has 1 amide bonds. The molecule has 2 aliphatic rings. The van der Waals surface area contributed by atoms with Gasteiger partial charge in [0.2, 0.25) is 0 Å². The Hall–Kier alpha value is -1.39. The van der Waals surface area contributed by atoms with Gasteiger partial charge in [0, 0.05) is 31.2 Å². The average molecular weight is 259 g/mol. The number of likely N-dealkylation sites (tertiary alicyclic amines) is 1. The largest absolute Gasteiger partial charge is 0.339 e. The van der Waals surface area contributed by atoms with Gasteiger partial charge in [-0.1, -0.05) is 6.07 Å². The van der Waals surface area contributed by atoms with Crippen LogP contribution in [0.3, 0.4) is 0 Å². The van der Waals surface area contributed by atoms with Gasteiger partial charge >= 0.3 is 0 Å². The van der Waals surface area contributed by atoms with E-state index in [4.69, 9.17) is 5.73 Å². The van der Waals surface area contributed by atoms with Crippen molar-refractivity contribution in [1.29, 1.82) is 0 Å². The highest BCUT2D eigenvalue weighted by Gasteiger charge is 2.22. The van der Waals surface area contributed by atoms with E-state index in [-0.39, 0.29) is 11.9 Å². The number of rotatable bonds is 1. The summed E-state index contributed by atoms with van der Waals surface area (Å²) < 4.78 is 0. The second-order valence-corrected chi connectivity index (χ2v) is 5.54. The first-order valence-electron chi connectivity index (χ1n) is 7.11. The molecule has 1 aromatic carbocycles. The first-order valence-corrected chi connectivity index (χ1v) is 7.11. The summed E-state index contributed by atoms with van der Waals surface area (Å²) in [5.74, 6) is 0.160. The van der Waals surface area contributed by atoms with Crippen LogP contribution in [0.5, 0.6) is 0 Å². The van der Waals surface area contributed by atoms with Crippen molar-refractivity contribution < 1.29 is 4.79 Å². The molecule has 0 spiro atoms. The molecular formula is C15H21N3O. The summed E-state index contributed by atoms with van der Waals surface area (Å²) in [6, 6.07) is 6.39. The SMILES string of the molecule is NC1CCN(C(=O)c2ccc3c(c2)CCNC3)CC1. The number of nitrogens with zero attached hydrogens (tertiary/aromatic N) is 1. The highest BCUT2D eigenvalue weighted by molar-refractivity contribution is 5.94. The van der Waals surface area contributed by atoms with Crippen LogP contribution in [0, 0.1) is 0 Å². The monoisotopic (exact) mass is 259 g/mol. The number of carbonyl (C=O) groups is 1. The maximum Gasteiger partial charge on any atom is 0.253 e. The van der Waals surface area contributed by atoms with E-state index in [9.17, 15) is 4.79 Å². The summed E-state index contributed by atoms with van der Waals surface area (Å²) in [4.78, 5) is 14.4. The van der Waals surface area contributed by atoms with Crippen LogP contribution in [0.4, 0.5) is 0 Å². The molecule has 0 saturated carbocycles. The maximum atomic E-state index is 12.5. The van der Waals surface area contributed by atoms with E-state index < -0.39 is 0 Å². The smallest absolute Gasteiger partial charge is 0.253 e. The van der Waals surface area contributed by atoms with Crippen LogP contribution in [-0.4, -0.2) is 36.5 Å². The normalized spacial score (nSPS) is 20.2. The van der Waals surface area contributed by atoms with Crippen LogP contribution >= 0.6 is 0 Å². The number of nitrogens with one attached hydrogen (secondary N) is 1. The summed E-state index contributed by atoms with van der Waals surface area (Å²) in [6.45, 7) is 3.50. The Kier molecular flexibility index (Phi) is 3.53. The average Bonchev–Trinajstić information content (AvgIpc) is 2.47. The van der Waals surface area contributed by atoms with Gasteiger partial charge < -0.3 is 16.0 Å². The van der Waals surface area contributed by atoms with Gasteiger partial charge in [-0.05, 0) is 49.1 Å². The van der Waals surface area contributed by atoms with Gasteiger partial charge in [-0.2, -0.15) is 0 Å². The van der Waals surface area contributed by atoms with Crippen molar-refractivity contribution in [3.05, 3.63) is 34.9 Å². The van der Waals surface area contributed by atoms with Crippen molar-refractivity contribution in [2.45, 2.75) is 31.8 Å². The molecular weight excluding hydrogens is 238 g/mol. The molecule has 4 heteroatoms. The fourth-order valence-electron chi connectivity index (χ4n) is 2.90. The summed E-state index contributed by atoms with van der Waals surface area (Å²) >= 11 is 0. The first kappa shape index (κ1) is 12.6. The molecule has 1 fully saturated rings. The van der Waals surface area contributed by atoms with Gasteiger partial charge in [0.15, 0.2) is 0 Å². The Bertz CT molecular complexity index is 478. The molecule has 3 N–H and O–H groups in total. The van der Waals surface area contributed by atoms with Crippen LogP contribution < -0.4 is 11.1 Å². The Labute approximate surface area is 114 Å². The van der Waals surface area contributed by atoms with Gasteiger partial charge in [-0.15, -0.1) is 0 Å². The topological polar surface area (TPSA) is 58.4 Å². The zero-order chi connectivity index (χ0) is 13.2. The fraction of sp³-hybridized carbons (Fsp3) is 0.533. The van der Waals surface area contributed by atoms with E-state index in [1.54, 1.807) is 0 Å². The molecule has 0 aromatic heterocycles. The van der Waals surface area contributed by atoms with Crippen molar-refractivity contribution in [2.75, 3.05) is 19.6 Å². The van der Waals surface area contributed by atoms with Crippen LogP contribution in [0.2, 0.25) is 0 Å². The number of carbonyl (C=O) groups excluding carboxylic acids is 1. The van der Waals surface area contributed by atoms with Crippen LogP contribution in [-0.2, 0) is 13.0 Å².